The van der Waals surface area contributed by atoms with Crippen molar-refractivity contribution in [1.29, 1.82) is 0 Å². The first kappa shape index (κ1) is 21.1. The van der Waals surface area contributed by atoms with Gasteiger partial charge in [0.05, 0.1) is 6.04 Å². The maximum Gasteiger partial charge on any atom is 0.325 e. The van der Waals surface area contributed by atoms with Crippen LogP contribution >= 0.6 is 0 Å². The van der Waals surface area contributed by atoms with Gasteiger partial charge in [-0.1, -0.05) is 20.8 Å². The van der Waals surface area contributed by atoms with Crippen LogP contribution in [-0.2, 0) is 9.59 Å². The lowest BCUT2D eigenvalue weighted by Gasteiger charge is -2.40. The fraction of sp³-hybridized carbons (Fsp3) is 0.857. The van der Waals surface area contributed by atoms with E-state index in [4.69, 9.17) is 0 Å². The number of carbonyl (C=O) groups excluding carboxylic acids is 3. The molecule has 0 unspecified atom stereocenters. The van der Waals surface area contributed by atoms with Crippen molar-refractivity contribution >= 4 is 17.8 Å². The summed E-state index contributed by atoms with van der Waals surface area (Å²) in [5.41, 5.74) is -0.820. The third-order valence-electron chi connectivity index (χ3n) is 6.37. The highest BCUT2D eigenvalue weighted by atomic mass is 16.2. The molecule has 0 aromatic heterocycles. The number of piperidine rings is 2. The van der Waals surface area contributed by atoms with E-state index in [2.05, 4.69) is 44.8 Å². The van der Waals surface area contributed by atoms with Crippen molar-refractivity contribution in [3.63, 3.8) is 0 Å². The molecule has 0 radical (unpaired) electrons. The van der Waals surface area contributed by atoms with Gasteiger partial charge in [0.25, 0.3) is 5.91 Å². The number of nitrogens with zero attached hydrogens (tertiary/aromatic N) is 3. The number of likely N-dealkylation sites (tertiary alicyclic amines) is 2. The Morgan fingerprint density at radius 1 is 1.18 bits per heavy atom. The van der Waals surface area contributed by atoms with Crippen LogP contribution in [0.1, 0.15) is 66.7 Å². The highest BCUT2D eigenvalue weighted by Gasteiger charge is 2.54. The van der Waals surface area contributed by atoms with Gasteiger partial charge >= 0.3 is 6.03 Å². The second-order valence-corrected chi connectivity index (χ2v) is 10.2. The van der Waals surface area contributed by atoms with Crippen molar-refractivity contribution in [3.8, 4) is 0 Å². The molecule has 28 heavy (non-hydrogen) atoms. The molecule has 3 aliphatic heterocycles. The number of amides is 4. The quantitative estimate of drug-likeness (QED) is 0.748. The number of nitrogens with one attached hydrogen (secondary N) is 1. The first-order valence-electron chi connectivity index (χ1n) is 10.7. The Labute approximate surface area is 168 Å². The molecule has 3 heterocycles. The van der Waals surface area contributed by atoms with Crippen LogP contribution in [0.4, 0.5) is 4.79 Å². The Hall–Kier alpha value is -1.63. The molecule has 4 amide bonds. The van der Waals surface area contributed by atoms with Gasteiger partial charge in [-0.2, -0.15) is 0 Å². The molecule has 0 aromatic carbocycles. The molecule has 3 aliphatic rings. The molecular weight excluding hydrogens is 356 g/mol. The van der Waals surface area contributed by atoms with Gasteiger partial charge in [0, 0.05) is 38.6 Å². The summed E-state index contributed by atoms with van der Waals surface area (Å²) in [5.74, 6) is 0.0280. The van der Waals surface area contributed by atoms with Gasteiger partial charge in [0.1, 0.15) is 5.54 Å². The van der Waals surface area contributed by atoms with Gasteiger partial charge in [-0.25, -0.2) is 4.79 Å². The topological polar surface area (TPSA) is 73.0 Å². The van der Waals surface area contributed by atoms with Gasteiger partial charge in [-0.15, -0.1) is 0 Å². The third-order valence-corrected chi connectivity index (χ3v) is 6.37. The van der Waals surface area contributed by atoms with Crippen LogP contribution < -0.4 is 5.32 Å². The summed E-state index contributed by atoms with van der Waals surface area (Å²) in [4.78, 5) is 44.3. The number of rotatable bonds is 3. The summed E-state index contributed by atoms with van der Waals surface area (Å²) < 4.78 is 0. The Morgan fingerprint density at radius 3 is 2.39 bits per heavy atom. The molecule has 0 aliphatic carbocycles. The normalized spacial score (nSPS) is 26.3. The molecule has 1 N–H and O–H groups in total. The predicted octanol–water partition coefficient (Wildman–Crippen LogP) is 2.21. The molecule has 1 atom stereocenters. The summed E-state index contributed by atoms with van der Waals surface area (Å²) in [6.07, 6.45) is 3.39. The first-order chi connectivity index (χ1) is 13.0. The van der Waals surface area contributed by atoms with Crippen LogP contribution in [0.5, 0.6) is 0 Å². The first-order valence-corrected chi connectivity index (χ1v) is 10.7. The summed E-state index contributed by atoms with van der Waals surface area (Å²) in [6, 6.07) is -0.0489. The fourth-order valence-electron chi connectivity index (χ4n) is 4.69. The second kappa shape index (κ2) is 7.65. The van der Waals surface area contributed by atoms with Crippen molar-refractivity contribution in [3.05, 3.63) is 0 Å². The Kier molecular flexibility index (Phi) is 5.76. The van der Waals surface area contributed by atoms with Crippen molar-refractivity contribution in [1.82, 2.24) is 20.0 Å². The van der Waals surface area contributed by atoms with E-state index in [0.717, 1.165) is 25.9 Å². The summed E-state index contributed by atoms with van der Waals surface area (Å²) in [7, 11) is 0. The molecular formula is C21H36N4O3. The van der Waals surface area contributed by atoms with E-state index in [1.54, 1.807) is 0 Å². The van der Waals surface area contributed by atoms with E-state index >= 15 is 0 Å². The Morgan fingerprint density at radius 2 is 1.82 bits per heavy atom. The van der Waals surface area contributed by atoms with Gasteiger partial charge in [0.15, 0.2) is 0 Å². The lowest BCUT2D eigenvalue weighted by molar-refractivity contribution is -0.140. The summed E-state index contributed by atoms with van der Waals surface area (Å²) in [5, 5.41) is 3.02. The lowest BCUT2D eigenvalue weighted by Crippen LogP contribution is -2.57. The Bertz CT molecular complexity index is 632. The molecule has 0 aromatic rings. The number of urea groups is 1. The van der Waals surface area contributed by atoms with Crippen LogP contribution in [0.3, 0.4) is 0 Å². The maximum atomic E-state index is 13.3. The predicted molar refractivity (Wildman–Crippen MR) is 108 cm³/mol. The zero-order valence-electron chi connectivity index (χ0n) is 18.1. The van der Waals surface area contributed by atoms with Crippen molar-refractivity contribution in [2.75, 3.05) is 26.2 Å². The molecule has 7 heteroatoms. The van der Waals surface area contributed by atoms with Crippen molar-refractivity contribution in [2.45, 2.75) is 84.3 Å². The molecule has 3 rings (SSSR count). The monoisotopic (exact) mass is 392 g/mol. The third kappa shape index (κ3) is 4.19. The minimum Gasteiger partial charge on any atom is -0.341 e. The van der Waals surface area contributed by atoms with E-state index < -0.39 is 5.54 Å². The minimum absolute atomic E-state index is 0.0701. The van der Waals surface area contributed by atoms with Crippen LogP contribution in [0.2, 0.25) is 0 Å². The van der Waals surface area contributed by atoms with E-state index in [1.165, 1.54) is 4.90 Å². The minimum atomic E-state index is -0.750. The zero-order valence-corrected chi connectivity index (χ0v) is 18.1. The SMILES string of the molecule is CC(C)N1CCC2(CC1)NC(=O)N([C@@H]1CCCN(C(=O)CC(C)(C)C)C1)C2=O. The number of hydrogen-bond donors (Lipinski definition) is 1. The average molecular weight is 393 g/mol. The highest BCUT2D eigenvalue weighted by Crippen LogP contribution is 2.33. The number of hydrogen-bond acceptors (Lipinski definition) is 4. The van der Waals surface area contributed by atoms with Gasteiger partial charge in [-0.05, 0) is 44.9 Å². The number of imide groups is 1. The van der Waals surface area contributed by atoms with Crippen LogP contribution in [0.15, 0.2) is 0 Å². The van der Waals surface area contributed by atoms with E-state index in [9.17, 15) is 14.4 Å². The Balaban J connectivity index is 1.67. The summed E-state index contributed by atoms with van der Waals surface area (Å²) in [6.45, 7) is 13.3. The van der Waals surface area contributed by atoms with Crippen molar-refractivity contribution < 1.29 is 14.4 Å². The molecule has 7 nitrogen and oxygen atoms in total. The zero-order chi connectivity index (χ0) is 20.7. The largest absolute Gasteiger partial charge is 0.341 e. The molecule has 1 spiro atoms. The van der Waals surface area contributed by atoms with Crippen LogP contribution in [0, 0.1) is 5.41 Å². The smallest absolute Gasteiger partial charge is 0.325 e. The van der Waals surface area contributed by atoms with E-state index in [0.29, 0.717) is 38.4 Å². The summed E-state index contributed by atoms with van der Waals surface area (Å²) >= 11 is 0. The fourth-order valence-corrected chi connectivity index (χ4v) is 4.69. The van der Waals surface area contributed by atoms with Crippen LogP contribution in [0.25, 0.3) is 0 Å². The van der Waals surface area contributed by atoms with Gasteiger partial charge in [0.2, 0.25) is 5.91 Å². The van der Waals surface area contributed by atoms with Crippen LogP contribution in [-0.4, -0.2) is 76.3 Å². The highest BCUT2D eigenvalue weighted by molar-refractivity contribution is 6.07. The van der Waals surface area contributed by atoms with Crippen molar-refractivity contribution in [2.24, 2.45) is 5.41 Å². The van der Waals surface area contributed by atoms with E-state index in [-0.39, 0.29) is 29.3 Å². The molecule has 3 fully saturated rings. The second-order valence-electron chi connectivity index (χ2n) is 10.2. The van der Waals surface area contributed by atoms with Gasteiger partial charge < -0.3 is 15.1 Å². The molecule has 158 valence electrons. The molecule has 0 saturated carbocycles. The standard InChI is InChI=1S/C21H36N4O3/c1-15(2)23-11-8-21(9-12-23)18(27)25(19(28)22-21)16-7-6-10-24(14-16)17(26)13-20(3,4)5/h15-16H,6-14H2,1-5H3,(H,22,28)/t16-/m1/s1. The van der Waals surface area contributed by atoms with Gasteiger partial charge in [-0.3, -0.25) is 14.5 Å². The lowest BCUT2D eigenvalue weighted by atomic mass is 9.86. The number of carbonyl (C=O) groups is 3. The average Bonchev–Trinajstić information content (AvgIpc) is 2.84. The van der Waals surface area contributed by atoms with E-state index in [1.807, 2.05) is 4.90 Å². The maximum absolute atomic E-state index is 13.3. The molecule has 3 saturated heterocycles. The molecule has 0 bridgehead atoms.